The van der Waals surface area contributed by atoms with Gasteiger partial charge >= 0.3 is 6.61 Å². The zero-order chi connectivity index (χ0) is 17.8. The molecule has 0 bridgehead atoms. The number of aromatic amines is 1. The molecule has 0 spiro atoms. The molecule has 1 unspecified atom stereocenters. The summed E-state index contributed by atoms with van der Waals surface area (Å²) in [4.78, 5) is 15.3. The van der Waals surface area contributed by atoms with E-state index in [-0.39, 0.29) is 18.1 Å². The third-order valence-corrected chi connectivity index (χ3v) is 3.77. The van der Waals surface area contributed by atoms with Crippen LogP contribution in [0.1, 0.15) is 22.1 Å². The average molecular weight is 346 g/mol. The lowest BCUT2D eigenvalue weighted by atomic mass is 10.1. The second-order valence-electron chi connectivity index (χ2n) is 5.40. The Morgan fingerprint density at radius 3 is 2.60 bits per heavy atom. The van der Waals surface area contributed by atoms with Crippen molar-refractivity contribution in [3.05, 3.63) is 65.9 Å². The minimum atomic E-state index is -2.95. The van der Waals surface area contributed by atoms with Gasteiger partial charge in [-0.05, 0) is 23.8 Å². The number of carbonyl (C=O) groups excluding carboxylic acids is 1. The SMILES string of the molecule is O=C(NC(CO)c1ccccc1)c1cc2c(OC(F)F)cccc2[nH]1. The molecule has 1 aromatic heterocycles. The number of amides is 1. The predicted octanol–water partition coefficient (Wildman–Crippen LogP) is 3.23. The molecular weight excluding hydrogens is 330 g/mol. The van der Waals surface area contributed by atoms with Crippen LogP contribution in [0.3, 0.4) is 0 Å². The van der Waals surface area contributed by atoms with E-state index in [1.807, 2.05) is 6.07 Å². The molecule has 1 amide bonds. The Morgan fingerprint density at radius 2 is 1.92 bits per heavy atom. The van der Waals surface area contributed by atoms with Crippen molar-refractivity contribution in [2.75, 3.05) is 6.61 Å². The first-order valence-corrected chi connectivity index (χ1v) is 7.61. The molecule has 0 aliphatic rings. The first kappa shape index (κ1) is 16.9. The summed E-state index contributed by atoms with van der Waals surface area (Å²) in [7, 11) is 0. The molecule has 5 nitrogen and oxygen atoms in total. The highest BCUT2D eigenvalue weighted by atomic mass is 19.3. The number of rotatable bonds is 6. The summed E-state index contributed by atoms with van der Waals surface area (Å²) >= 11 is 0. The summed E-state index contributed by atoms with van der Waals surface area (Å²) in [5, 5.41) is 12.6. The van der Waals surface area contributed by atoms with Crippen molar-refractivity contribution in [2.45, 2.75) is 12.7 Å². The third kappa shape index (κ3) is 3.77. The molecule has 0 aliphatic carbocycles. The maximum Gasteiger partial charge on any atom is 0.387 e. The fourth-order valence-corrected chi connectivity index (χ4v) is 2.60. The molecule has 25 heavy (non-hydrogen) atoms. The summed E-state index contributed by atoms with van der Waals surface area (Å²) in [5.41, 5.74) is 1.45. The van der Waals surface area contributed by atoms with Crippen LogP contribution in [0, 0.1) is 0 Å². The number of ether oxygens (including phenoxy) is 1. The second kappa shape index (κ2) is 7.31. The molecule has 3 aromatic rings. The molecule has 3 rings (SSSR count). The Labute approximate surface area is 142 Å². The molecule has 7 heteroatoms. The molecule has 1 heterocycles. The van der Waals surface area contributed by atoms with E-state index in [1.54, 1.807) is 36.4 Å². The number of hydrogen-bond acceptors (Lipinski definition) is 3. The molecule has 0 saturated carbocycles. The monoisotopic (exact) mass is 346 g/mol. The van der Waals surface area contributed by atoms with Crippen LogP contribution >= 0.6 is 0 Å². The number of alkyl halides is 2. The van der Waals surface area contributed by atoms with Crippen molar-refractivity contribution in [1.82, 2.24) is 10.3 Å². The van der Waals surface area contributed by atoms with Crippen molar-refractivity contribution >= 4 is 16.8 Å². The Morgan fingerprint density at radius 1 is 1.16 bits per heavy atom. The fraction of sp³-hybridized carbons (Fsp3) is 0.167. The van der Waals surface area contributed by atoms with Gasteiger partial charge in [0.05, 0.1) is 12.6 Å². The lowest BCUT2D eigenvalue weighted by Crippen LogP contribution is -2.30. The van der Waals surface area contributed by atoms with E-state index in [2.05, 4.69) is 15.0 Å². The van der Waals surface area contributed by atoms with E-state index in [0.717, 1.165) is 5.56 Å². The van der Waals surface area contributed by atoms with Crippen LogP contribution in [-0.2, 0) is 0 Å². The molecule has 1 atom stereocenters. The maximum atomic E-state index is 12.5. The van der Waals surface area contributed by atoms with Gasteiger partial charge < -0.3 is 20.1 Å². The Bertz CT molecular complexity index is 865. The molecule has 0 aliphatic heterocycles. The predicted molar refractivity (Wildman–Crippen MR) is 88.7 cm³/mol. The molecular formula is C18H16F2N2O3. The quantitative estimate of drug-likeness (QED) is 0.641. The number of fused-ring (bicyclic) bond motifs is 1. The van der Waals surface area contributed by atoms with E-state index in [1.165, 1.54) is 12.1 Å². The van der Waals surface area contributed by atoms with Crippen LogP contribution in [-0.4, -0.2) is 29.2 Å². The molecule has 130 valence electrons. The lowest BCUT2D eigenvalue weighted by molar-refractivity contribution is -0.0487. The Balaban J connectivity index is 1.84. The first-order valence-electron chi connectivity index (χ1n) is 7.61. The van der Waals surface area contributed by atoms with Crippen LogP contribution in [0.2, 0.25) is 0 Å². The smallest absolute Gasteiger partial charge is 0.387 e. The number of hydrogen-bond donors (Lipinski definition) is 3. The number of halogens is 2. The normalized spacial score (nSPS) is 12.3. The van der Waals surface area contributed by atoms with Gasteiger partial charge in [-0.2, -0.15) is 8.78 Å². The minimum Gasteiger partial charge on any atom is -0.434 e. The number of aromatic nitrogens is 1. The van der Waals surface area contributed by atoms with Crippen molar-refractivity contribution in [3.63, 3.8) is 0 Å². The summed E-state index contributed by atoms with van der Waals surface area (Å²) in [6, 6.07) is 14.5. The van der Waals surface area contributed by atoms with Gasteiger partial charge in [-0.25, -0.2) is 0 Å². The van der Waals surface area contributed by atoms with Gasteiger partial charge in [0.1, 0.15) is 11.4 Å². The number of nitrogens with one attached hydrogen (secondary N) is 2. The summed E-state index contributed by atoms with van der Waals surface area (Å²) in [6.07, 6.45) is 0. The standard InChI is InChI=1S/C18H16F2N2O3/c19-18(20)25-16-8-4-7-13-12(16)9-14(21-13)17(24)22-15(10-23)11-5-2-1-3-6-11/h1-9,15,18,21,23H,10H2,(H,22,24). The molecule has 3 N–H and O–H groups in total. The Kier molecular flexibility index (Phi) is 4.95. The van der Waals surface area contributed by atoms with E-state index < -0.39 is 18.6 Å². The average Bonchev–Trinajstić information content (AvgIpc) is 3.05. The summed E-state index contributed by atoms with van der Waals surface area (Å²) < 4.78 is 29.4. The first-order chi connectivity index (χ1) is 12.1. The summed E-state index contributed by atoms with van der Waals surface area (Å²) in [5.74, 6) is -0.466. The molecule has 2 aromatic carbocycles. The van der Waals surface area contributed by atoms with Gasteiger partial charge in [0.25, 0.3) is 5.91 Å². The van der Waals surface area contributed by atoms with Crippen molar-refractivity contribution in [3.8, 4) is 5.75 Å². The highest BCUT2D eigenvalue weighted by molar-refractivity contribution is 5.99. The second-order valence-corrected chi connectivity index (χ2v) is 5.40. The molecule has 0 fully saturated rings. The molecule has 0 radical (unpaired) electrons. The van der Waals surface area contributed by atoms with Crippen LogP contribution in [0.4, 0.5) is 8.78 Å². The van der Waals surface area contributed by atoms with Crippen LogP contribution in [0.25, 0.3) is 10.9 Å². The zero-order valence-corrected chi connectivity index (χ0v) is 13.1. The van der Waals surface area contributed by atoms with Crippen LogP contribution in [0.15, 0.2) is 54.6 Å². The summed E-state index contributed by atoms with van der Waals surface area (Å²) in [6.45, 7) is -3.22. The van der Waals surface area contributed by atoms with E-state index in [0.29, 0.717) is 10.9 Å². The van der Waals surface area contributed by atoms with Gasteiger partial charge in [-0.1, -0.05) is 36.4 Å². The number of aliphatic hydroxyl groups excluding tert-OH is 1. The van der Waals surface area contributed by atoms with Gasteiger partial charge in [-0.3, -0.25) is 4.79 Å². The number of H-pyrrole nitrogens is 1. The van der Waals surface area contributed by atoms with Gasteiger partial charge in [0, 0.05) is 10.9 Å². The maximum absolute atomic E-state index is 12.5. The third-order valence-electron chi connectivity index (χ3n) is 3.77. The van der Waals surface area contributed by atoms with Crippen LogP contribution < -0.4 is 10.1 Å². The van der Waals surface area contributed by atoms with Crippen molar-refractivity contribution < 1.29 is 23.4 Å². The van der Waals surface area contributed by atoms with E-state index in [4.69, 9.17) is 0 Å². The lowest BCUT2D eigenvalue weighted by Gasteiger charge is -2.16. The zero-order valence-electron chi connectivity index (χ0n) is 13.1. The fourth-order valence-electron chi connectivity index (χ4n) is 2.60. The molecule has 0 saturated heterocycles. The topological polar surface area (TPSA) is 74.3 Å². The van der Waals surface area contributed by atoms with Gasteiger partial charge in [0.15, 0.2) is 0 Å². The highest BCUT2D eigenvalue weighted by Crippen LogP contribution is 2.28. The van der Waals surface area contributed by atoms with Crippen molar-refractivity contribution in [1.29, 1.82) is 0 Å². The largest absolute Gasteiger partial charge is 0.434 e. The van der Waals surface area contributed by atoms with Crippen LogP contribution in [0.5, 0.6) is 5.75 Å². The van der Waals surface area contributed by atoms with Gasteiger partial charge in [0.2, 0.25) is 0 Å². The van der Waals surface area contributed by atoms with Crippen molar-refractivity contribution in [2.24, 2.45) is 0 Å². The Hall–Kier alpha value is -2.93. The number of benzene rings is 2. The van der Waals surface area contributed by atoms with E-state index in [9.17, 15) is 18.7 Å². The highest BCUT2D eigenvalue weighted by Gasteiger charge is 2.18. The van der Waals surface area contributed by atoms with Gasteiger partial charge in [-0.15, -0.1) is 0 Å². The number of carbonyl (C=O) groups is 1. The minimum absolute atomic E-state index is 0.00966. The number of aliphatic hydroxyl groups is 1. The van der Waals surface area contributed by atoms with E-state index >= 15 is 0 Å².